The van der Waals surface area contributed by atoms with E-state index < -0.39 is 6.10 Å². The van der Waals surface area contributed by atoms with Gasteiger partial charge in [-0.2, -0.15) is 0 Å². The van der Waals surface area contributed by atoms with Crippen LogP contribution in [0.1, 0.15) is 21.7 Å². The van der Waals surface area contributed by atoms with E-state index in [0.717, 1.165) is 15.6 Å². The first-order chi connectivity index (χ1) is 10.1. The highest BCUT2D eigenvalue weighted by Gasteiger charge is 2.11. The molecule has 22 heavy (non-hydrogen) atoms. The maximum Gasteiger partial charge on any atom is 0.191 e. The standard InChI is InChI=1S/C13H17ClN4OS2.HI/c1-8-7-20-12(18-8)6-17-13(15-2)16-5-9(19)10-3-4-11(14)21-10;/h3-4,7,9,19H,5-6H2,1-2H3,(H2,15,16,17);1H. The topological polar surface area (TPSA) is 69.5 Å². The maximum absolute atomic E-state index is 10.1. The molecule has 2 heterocycles. The summed E-state index contributed by atoms with van der Waals surface area (Å²) in [5.74, 6) is 0.629. The van der Waals surface area contributed by atoms with E-state index in [1.807, 2.05) is 18.4 Å². The molecule has 0 aliphatic heterocycles. The maximum atomic E-state index is 10.1. The van der Waals surface area contributed by atoms with Crippen molar-refractivity contribution in [3.8, 4) is 0 Å². The largest absolute Gasteiger partial charge is 0.386 e. The molecule has 0 aliphatic carbocycles. The van der Waals surface area contributed by atoms with E-state index in [1.54, 1.807) is 24.5 Å². The molecular formula is C13H18ClIN4OS2. The van der Waals surface area contributed by atoms with Gasteiger partial charge in [0.25, 0.3) is 0 Å². The van der Waals surface area contributed by atoms with Gasteiger partial charge in [-0.15, -0.1) is 46.7 Å². The molecule has 0 radical (unpaired) electrons. The van der Waals surface area contributed by atoms with Gasteiger partial charge in [-0.3, -0.25) is 4.99 Å². The number of aromatic nitrogens is 1. The second-order valence-electron chi connectivity index (χ2n) is 4.35. The predicted molar refractivity (Wildman–Crippen MR) is 105 cm³/mol. The number of aliphatic hydroxyl groups is 1. The monoisotopic (exact) mass is 472 g/mol. The van der Waals surface area contributed by atoms with Crippen molar-refractivity contribution in [3.63, 3.8) is 0 Å². The smallest absolute Gasteiger partial charge is 0.191 e. The van der Waals surface area contributed by atoms with Crippen LogP contribution >= 0.6 is 58.3 Å². The average molecular weight is 473 g/mol. The zero-order chi connectivity index (χ0) is 15.2. The molecule has 2 rings (SSSR count). The molecule has 0 saturated carbocycles. The van der Waals surface area contributed by atoms with Gasteiger partial charge in [0.1, 0.15) is 11.1 Å². The molecule has 0 aliphatic rings. The molecule has 1 unspecified atom stereocenters. The van der Waals surface area contributed by atoms with Crippen LogP contribution in [-0.2, 0) is 6.54 Å². The third kappa shape index (κ3) is 5.99. The van der Waals surface area contributed by atoms with Gasteiger partial charge >= 0.3 is 0 Å². The predicted octanol–water partition coefficient (Wildman–Crippen LogP) is 3.18. The lowest BCUT2D eigenvalue weighted by atomic mass is 10.3. The summed E-state index contributed by atoms with van der Waals surface area (Å²) in [5, 5.41) is 19.3. The molecule has 3 N–H and O–H groups in total. The van der Waals surface area contributed by atoms with Crippen LogP contribution in [0.3, 0.4) is 0 Å². The Labute approximate surface area is 159 Å². The van der Waals surface area contributed by atoms with Crippen LogP contribution < -0.4 is 10.6 Å². The number of rotatable bonds is 5. The minimum absolute atomic E-state index is 0. The van der Waals surface area contributed by atoms with Gasteiger partial charge in [-0.05, 0) is 19.1 Å². The number of guanidine groups is 1. The minimum atomic E-state index is -0.608. The lowest BCUT2D eigenvalue weighted by Gasteiger charge is -2.14. The summed E-state index contributed by atoms with van der Waals surface area (Å²) in [6.07, 6.45) is -0.608. The highest BCUT2D eigenvalue weighted by atomic mass is 127. The summed E-state index contributed by atoms with van der Waals surface area (Å²) < 4.78 is 0.672. The van der Waals surface area contributed by atoms with Gasteiger partial charge in [-0.1, -0.05) is 11.6 Å². The first kappa shape index (κ1) is 19.6. The van der Waals surface area contributed by atoms with Crippen molar-refractivity contribution < 1.29 is 5.11 Å². The summed E-state index contributed by atoms with van der Waals surface area (Å²) in [4.78, 5) is 9.32. The van der Waals surface area contributed by atoms with E-state index >= 15 is 0 Å². The molecular weight excluding hydrogens is 455 g/mol. The molecule has 1 atom stereocenters. The van der Waals surface area contributed by atoms with Crippen LogP contribution in [0.2, 0.25) is 4.34 Å². The molecule has 0 fully saturated rings. The number of aliphatic imine (C=N–C) groups is 1. The number of thiophene rings is 1. The van der Waals surface area contributed by atoms with E-state index in [1.165, 1.54) is 11.3 Å². The van der Waals surface area contributed by atoms with E-state index in [0.29, 0.717) is 23.4 Å². The number of aryl methyl sites for hydroxylation is 1. The Morgan fingerprint density at radius 2 is 2.23 bits per heavy atom. The SMILES string of the molecule is CN=C(NCc1nc(C)cs1)NCC(O)c1ccc(Cl)s1.I. The third-order valence-electron chi connectivity index (χ3n) is 2.68. The fourth-order valence-corrected chi connectivity index (χ4v) is 3.42. The fourth-order valence-electron chi connectivity index (χ4n) is 1.67. The van der Waals surface area contributed by atoms with Crippen LogP contribution in [0.25, 0.3) is 0 Å². The van der Waals surface area contributed by atoms with E-state index in [-0.39, 0.29) is 24.0 Å². The third-order valence-corrected chi connectivity index (χ3v) is 4.98. The Morgan fingerprint density at radius 3 is 2.77 bits per heavy atom. The number of thiazole rings is 1. The molecule has 0 amide bonds. The Morgan fingerprint density at radius 1 is 1.45 bits per heavy atom. The van der Waals surface area contributed by atoms with Crippen LogP contribution in [0.15, 0.2) is 22.5 Å². The van der Waals surface area contributed by atoms with Crippen molar-refractivity contribution in [2.24, 2.45) is 4.99 Å². The Bertz CT molecular complexity index is 617. The Balaban J connectivity index is 0.00000242. The van der Waals surface area contributed by atoms with E-state index in [9.17, 15) is 5.11 Å². The van der Waals surface area contributed by atoms with Gasteiger partial charge < -0.3 is 15.7 Å². The number of nitrogens with zero attached hydrogens (tertiary/aromatic N) is 2. The van der Waals surface area contributed by atoms with E-state index in [4.69, 9.17) is 11.6 Å². The van der Waals surface area contributed by atoms with Crippen molar-refractivity contribution in [2.75, 3.05) is 13.6 Å². The van der Waals surface area contributed by atoms with E-state index in [2.05, 4.69) is 20.6 Å². The molecule has 9 heteroatoms. The highest BCUT2D eigenvalue weighted by Crippen LogP contribution is 2.26. The minimum Gasteiger partial charge on any atom is -0.386 e. The molecule has 0 bridgehead atoms. The molecule has 122 valence electrons. The molecule has 0 aromatic carbocycles. The first-order valence-corrected chi connectivity index (χ1v) is 8.44. The van der Waals surface area contributed by atoms with Crippen molar-refractivity contribution in [1.29, 1.82) is 0 Å². The van der Waals surface area contributed by atoms with Gasteiger partial charge in [0.15, 0.2) is 5.96 Å². The summed E-state index contributed by atoms with van der Waals surface area (Å²) >= 11 is 8.84. The number of nitrogens with one attached hydrogen (secondary N) is 2. The van der Waals surface area contributed by atoms with Crippen molar-refractivity contribution in [3.05, 3.63) is 37.4 Å². The second kappa shape index (κ2) is 9.66. The van der Waals surface area contributed by atoms with Crippen LogP contribution in [-0.4, -0.2) is 29.6 Å². The van der Waals surface area contributed by atoms with Crippen LogP contribution in [0.5, 0.6) is 0 Å². The summed E-state index contributed by atoms with van der Waals surface area (Å²) in [7, 11) is 1.69. The van der Waals surface area contributed by atoms with Crippen molar-refractivity contribution >= 4 is 64.2 Å². The fraction of sp³-hybridized carbons (Fsp3) is 0.385. The number of halogens is 2. The number of hydrogen-bond donors (Lipinski definition) is 3. The van der Waals surface area contributed by atoms with Gasteiger partial charge in [-0.25, -0.2) is 4.98 Å². The van der Waals surface area contributed by atoms with Crippen molar-refractivity contribution in [2.45, 2.75) is 19.6 Å². The lowest BCUT2D eigenvalue weighted by molar-refractivity contribution is 0.184. The summed E-state index contributed by atoms with van der Waals surface area (Å²) in [5.41, 5.74) is 1.02. The average Bonchev–Trinajstić information content (AvgIpc) is 3.07. The van der Waals surface area contributed by atoms with Gasteiger partial charge in [0.2, 0.25) is 0 Å². The zero-order valence-electron chi connectivity index (χ0n) is 12.2. The molecule has 5 nitrogen and oxygen atoms in total. The second-order valence-corrected chi connectivity index (χ2v) is 7.04. The van der Waals surface area contributed by atoms with Gasteiger partial charge in [0, 0.05) is 29.5 Å². The number of aliphatic hydroxyl groups excluding tert-OH is 1. The highest BCUT2D eigenvalue weighted by molar-refractivity contribution is 14.0. The van der Waals surface area contributed by atoms with Crippen LogP contribution in [0.4, 0.5) is 0 Å². The molecule has 2 aromatic rings. The van der Waals surface area contributed by atoms with Crippen LogP contribution in [0, 0.1) is 6.92 Å². The molecule has 2 aromatic heterocycles. The summed E-state index contributed by atoms with van der Waals surface area (Å²) in [6, 6.07) is 3.61. The zero-order valence-corrected chi connectivity index (χ0v) is 16.9. The number of hydrogen-bond acceptors (Lipinski definition) is 5. The van der Waals surface area contributed by atoms with Gasteiger partial charge in [0.05, 0.1) is 10.9 Å². The Hall–Kier alpha value is -0.420. The molecule has 0 spiro atoms. The molecule has 0 saturated heterocycles. The van der Waals surface area contributed by atoms with Crippen molar-refractivity contribution in [1.82, 2.24) is 15.6 Å². The normalized spacial score (nSPS) is 12.6. The lowest BCUT2D eigenvalue weighted by Crippen LogP contribution is -2.38. The first-order valence-electron chi connectivity index (χ1n) is 6.37. The summed E-state index contributed by atoms with van der Waals surface area (Å²) in [6.45, 7) is 2.95. The quantitative estimate of drug-likeness (QED) is 0.355. The Kier molecular flexibility index (Phi) is 8.62.